The summed E-state index contributed by atoms with van der Waals surface area (Å²) in [5.74, 6) is 0.584. The second-order valence-electron chi connectivity index (χ2n) is 14.0. The number of amides is 4. The molecule has 4 aromatic rings. The fraction of sp³-hybridized carbons (Fsp3) is 0.350. The second-order valence-corrected chi connectivity index (χ2v) is 14.0. The predicted molar refractivity (Wildman–Crippen MR) is 203 cm³/mol. The van der Waals surface area contributed by atoms with Crippen molar-refractivity contribution in [2.24, 2.45) is 11.8 Å². The Morgan fingerprint density at radius 1 is 0.704 bits per heavy atom. The van der Waals surface area contributed by atoms with Crippen LogP contribution in [0.25, 0.3) is 33.6 Å². The molecule has 2 aromatic carbocycles. The second kappa shape index (κ2) is 16.2. The fourth-order valence-corrected chi connectivity index (χ4v) is 6.67. The smallest absolute Gasteiger partial charge is 0.407 e. The summed E-state index contributed by atoms with van der Waals surface area (Å²) in [7, 11) is 2.55. The summed E-state index contributed by atoms with van der Waals surface area (Å²) >= 11 is 0. The average molecular weight is 735 g/mol. The van der Waals surface area contributed by atoms with E-state index in [1.807, 2.05) is 107 Å². The lowest BCUT2D eigenvalue weighted by atomic mass is 10.0. The maximum absolute atomic E-state index is 13.5. The van der Waals surface area contributed by atoms with Crippen LogP contribution in [0.2, 0.25) is 0 Å². The number of ether oxygens (including phenoxy) is 2. The van der Waals surface area contributed by atoms with Crippen LogP contribution in [-0.2, 0) is 19.1 Å². The Balaban J connectivity index is 1.11. The summed E-state index contributed by atoms with van der Waals surface area (Å²) in [6, 6.07) is 14.0. The molecule has 4 amide bonds. The zero-order chi connectivity index (χ0) is 38.5. The van der Waals surface area contributed by atoms with Crippen LogP contribution in [0.4, 0.5) is 9.59 Å². The SMILES string of the molecule is COC(=O)N[C@H](C(=O)N1CC=C[C@H]1c1nc(-c2ccc(-c3ccc(-c4cnc([C@@H]5C=CCN5C(=O)[C@@H](NC(=O)OC)C(C)C)[nH]4)cc3)cc2)c[nH]1)C(C)C. The summed E-state index contributed by atoms with van der Waals surface area (Å²) in [6.07, 6.45) is 10.0. The van der Waals surface area contributed by atoms with Crippen LogP contribution in [0.3, 0.4) is 0 Å². The van der Waals surface area contributed by atoms with E-state index in [2.05, 4.69) is 25.6 Å². The molecule has 2 aromatic heterocycles. The molecule has 2 aliphatic rings. The number of methoxy groups -OCH3 is 2. The maximum atomic E-state index is 13.5. The Morgan fingerprint density at radius 2 is 1.17 bits per heavy atom. The van der Waals surface area contributed by atoms with E-state index in [9.17, 15) is 19.2 Å². The number of alkyl carbamates (subject to hydrolysis) is 2. The molecule has 4 atom stereocenters. The number of carbonyl (C=O) groups excluding carboxylic acids is 4. The van der Waals surface area contributed by atoms with Crippen LogP contribution in [0.1, 0.15) is 51.4 Å². The van der Waals surface area contributed by atoms with E-state index >= 15 is 0 Å². The number of H-pyrrole nitrogens is 2. The zero-order valence-electron chi connectivity index (χ0n) is 31.2. The zero-order valence-corrected chi connectivity index (χ0v) is 31.2. The third-order valence-corrected chi connectivity index (χ3v) is 9.72. The van der Waals surface area contributed by atoms with Crippen molar-refractivity contribution in [1.82, 2.24) is 40.4 Å². The average Bonchev–Trinajstić information content (AvgIpc) is 4.02. The van der Waals surface area contributed by atoms with Gasteiger partial charge in [-0.15, -0.1) is 0 Å². The molecule has 14 nitrogen and oxygen atoms in total. The molecule has 4 N–H and O–H groups in total. The molecule has 0 bridgehead atoms. The first-order valence-corrected chi connectivity index (χ1v) is 17.9. The first-order valence-electron chi connectivity index (χ1n) is 17.9. The summed E-state index contributed by atoms with van der Waals surface area (Å²) < 4.78 is 9.47. The molecule has 54 heavy (non-hydrogen) atoms. The monoisotopic (exact) mass is 734 g/mol. The van der Waals surface area contributed by atoms with E-state index in [0.717, 1.165) is 33.6 Å². The number of rotatable bonds is 11. The number of hydrogen-bond donors (Lipinski definition) is 4. The van der Waals surface area contributed by atoms with E-state index in [1.54, 1.807) is 16.0 Å². The normalized spacial score (nSPS) is 17.6. The molecule has 0 saturated carbocycles. The van der Waals surface area contributed by atoms with Crippen molar-refractivity contribution in [3.05, 3.63) is 96.9 Å². The highest BCUT2D eigenvalue weighted by molar-refractivity contribution is 5.87. The van der Waals surface area contributed by atoms with Gasteiger partial charge in [0.1, 0.15) is 35.8 Å². The number of aromatic amines is 2. The van der Waals surface area contributed by atoms with Crippen LogP contribution in [0.5, 0.6) is 0 Å². The van der Waals surface area contributed by atoms with Crippen LogP contribution < -0.4 is 10.6 Å². The van der Waals surface area contributed by atoms with Gasteiger partial charge in [-0.2, -0.15) is 0 Å². The minimum Gasteiger partial charge on any atom is -0.453 e. The number of imidazole rings is 2. The summed E-state index contributed by atoms with van der Waals surface area (Å²) in [5.41, 5.74) is 5.50. The quantitative estimate of drug-likeness (QED) is 0.141. The summed E-state index contributed by atoms with van der Waals surface area (Å²) in [5, 5.41) is 5.32. The third-order valence-electron chi connectivity index (χ3n) is 9.72. The van der Waals surface area contributed by atoms with Gasteiger partial charge in [-0.3, -0.25) is 9.59 Å². The molecule has 0 saturated heterocycles. The third kappa shape index (κ3) is 7.92. The molecule has 0 radical (unpaired) electrons. The number of nitrogens with one attached hydrogen (secondary N) is 4. The lowest BCUT2D eigenvalue weighted by molar-refractivity contribution is -0.135. The van der Waals surface area contributed by atoms with Crippen molar-refractivity contribution >= 4 is 24.0 Å². The number of nitrogens with zero attached hydrogens (tertiary/aromatic N) is 4. The standard InChI is InChI=1S/C40H46N8O6/c1-23(2)33(45-39(51)53-5)37(49)47-19-7-9-31(47)35-41-21-29(43-35)27-15-11-25(12-16-27)26-13-17-28(18-14-26)30-22-42-36(44-30)32-10-8-20-48(32)38(50)34(24(3)4)46-40(52)54-6/h7-18,21-24,31-34H,19-20H2,1-6H3,(H,41,43)(H,42,44)(H,45,51)(H,46,52)/t31-,32-,33-,34-/m0/s1. The van der Waals surface area contributed by atoms with E-state index < -0.39 is 24.3 Å². The fourth-order valence-electron chi connectivity index (χ4n) is 6.67. The van der Waals surface area contributed by atoms with E-state index in [4.69, 9.17) is 14.5 Å². The van der Waals surface area contributed by atoms with Gasteiger partial charge in [-0.25, -0.2) is 19.6 Å². The largest absolute Gasteiger partial charge is 0.453 e. The van der Waals surface area contributed by atoms with Gasteiger partial charge in [0.25, 0.3) is 0 Å². The molecule has 0 spiro atoms. The van der Waals surface area contributed by atoms with Crippen molar-refractivity contribution in [3.8, 4) is 33.6 Å². The van der Waals surface area contributed by atoms with Crippen molar-refractivity contribution in [1.29, 1.82) is 0 Å². The van der Waals surface area contributed by atoms with Gasteiger partial charge in [0.15, 0.2) is 0 Å². The molecule has 0 unspecified atom stereocenters. The number of carbonyl (C=O) groups is 4. The number of hydrogen-bond acceptors (Lipinski definition) is 8. The van der Waals surface area contributed by atoms with E-state index in [0.29, 0.717) is 24.7 Å². The van der Waals surface area contributed by atoms with Gasteiger partial charge in [0.05, 0.1) is 31.8 Å². The molecular weight excluding hydrogens is 688 g/mol. The van der Waals surface area contributed by atoms with Gasteiger partial charge in [0, 0.05) is 24.8 Å². The topological polar surface area (TPSA) is 175 Å². The predicted octanol–water partition coefficient (Wildman–Crippen LogP) is 5.77. The lowest BCUT2D eigenvalue weighted by Gasteiger charge is -2.29. The van der Waals surface area contributed by atoms with Crippen LogP contribution in [-0.4, -0.2) is 93.1 Å². The molecule has 282 valence electrons. The van der Waals surface area contributed by atoms with Crippen LogP contribution >= 0.6 is 0 Å². The molecule has 6 rings (SSSR count). The van der Waals surface area contributed by atoms with Crippen LogP contribution in [0.15, 0.2) is 85.2 Å². The van der Waals surface area contributed by atoms with Gasteiger partial charge in [-0.05, 0) is 28.5 Å². The molecule has 14 heteroatoms. The van der Waals surface area contributed by atoms with Gasteiger partial charge in [0.2, 0.25) is 11.8 Å². The maximum Gasteiger partial charge on any atom is 0.407 e. The first kappa shape index (κ1) is 37.6. The Morgan fingerprint density at radius 3 is 1.65 bits per heavy atom. The van der Waals surface area contributed by atoms with E-state index in [-0.39, 0.29) is 35.7 Å². The van der Waals surface area contributed by atoms with Crippen LogP contribution in [0, 0.1) is 11.8 Å². The summed E-state index contributed by atoms with van der Waals surface area (Å²) in [6.45, 7) is 8.33. The number of aromatic nitrogens is 4. The van der Waals surface area contributed by atoms with Crippen molar-refractivity contribution in [3.63, 3.8) is 0 Å². The molecule has 2 aliphatic heterocycles. The van der Waals surface area contributed by atoms with Crippen molar-refractivity contribution in [2.45, 2.75) is 51.9 Å². The first-order chi connectivity index (χ1) is 26.0. The highest BCUT2D eigenvalue weighted by atomic mass is 16.5. The lowest BCUT2D eigenvalue weighted by Crippen LogP contribution is -2.51. The molecular formula is C40H46N8O6. The van der Waals surface area contributed by atoms with Gasteiger partial charge in [-0.1, -0.05) is 101 Å². The number of benzene rings is 2. The molecule has 4 heterocycles. The Kier molecular flexibility index (Phi) is 11.3. The van der Waals surface area contributed by atoms with E-state index in [1.165, 1.54) is 14.2 Å². The Bertz CT molecular complexity index is 1880. The van der Waals surface area contributed by atoms with Crippen molar-refractivity contribution < 1.29 is 28.7 Å². The minimum absolute atomic E-state index is 0.134. The molecule has 0 aliphatic carbocycles. The molecule has 0 fully saturated rings. The van der Waals surface area contributed by atoms with Crippen molar-refractivity contribution in [2.75, 3.05) is 27.3 Å². The minimum atomic E-state index is -0.730. The summed E-state index contributed by atoms with van der Waals surface area (Å²) in [4.78, 5) is 70.2. The highest BCUT2D eigenvalue weighted by Gasteiger charge is 2.36. The Labute approximate surface area is 314 Å². The van der Waals surface area contributed by atoms with Gasteiger partial charge < -0.3 is 39.9 Å². The Hall–Kier alpha value is -6.18. The highest BCUT2D eigenvalue weighted by Crippen LogP contribution is 2.32. The van der Waals surface area contributed by atoms with Gasteiger partial charge >= 0.3 is 12.2 Å².